The van der Waals surface area contributed by atoms with Gasteiger partial charge in [-0.05, 0) is 42.5 Å². The maximum absolute atomic E-state index is 13.1. The minimum Gasteiger partial charge on any atom is -0.497 e. The number of nitrogens with zero attached hydrogens (tertiary/aromatic N) is 5. The van der Waals surface area contributed by atoms with Crippen LogP contribution in [0.4, 0.5) is 11.5 Å². The molecule has 35 heavy (non-hydrogen) atoms. The Balaban J connectivity index is 1.14. The third kappa shape index (κ3) is 5.03. The summed E-state index contributed by atoms with van der Waals surface area (Å²) >= 11 is 0. The van der Waals surface area contributed by atoms with Crippen LogP contribution in [-0.4, -0.2) is 66.7 Å². The van der Waals surface area contributed by atoms with Gasteiger partial charge in [0.25, 0.3) is 0 Å². The number of para-hydroxylation sites is 1. The SMILES string of the molecule is COc1ccc(N2CC(C(=O)N3CCN(c4ccc(Oc5ccccc5)nn4)CC3)CC2=O)cc1. The highest BCUT2D eigenvalue weighted by atomic mass is 16.5. The first-order valence-corrected chi connectivity index (χ1v) is 11.7. The Morgan fingerprint density at radius 1 is 0.886 bits per heavy atom. The van der Waals surface area contributed by atoms with E-state index in [0.29, 0.717) is 44.4 Å². The number of benzene rings is 2. The maximum Gasteiger partial charge on any atom is 0.238 e. The number of piperazine rings is 1. The molecular weight excluding hydrogens is 446 g/mol. The van der Waals surface area contributed by atoms with Gasteiger partial charge in [0, 0.05) is 50.9 Å². The summed E-state index contributed by atoms with van der Waals surface area (Å²) < 4.78 is 10.9. The number of aromatic nitrogens is 2. The number of ether oxygens (including phenoxy) is 2. The van der Waals surface area contributed by atoms with Crippen LogP contribution in [0.25, 0.3) is 0 Å². The van der Waals surface area contributed by atoms with E-state index in [1.54, 1.807) is 18.1 Å². The van der Waals surface area contributed by atoms with Crippen LogP contribution in [0, 0.1) is 5.92 Å². The van der Waals surface area contributed by atoms with E-state index in [4.69, 9.17) is 9.47 Å². The number of hydrogen-bond acceptors (Lipinski definition) is 7. The minimum absolute atomic E-state index is 0.0276. The smallest absolute Gasteiger partial charge is 0.238 e. The molecule has 2 aliphatic rings. The molecule has 3 aromatic rings. The number of hydrogen-bond donors (Lipinski definition) is 0. The van der Waals surface area contributed by atoms with Crippen LogP contribution in [0.3, 0.4) is 0 Å². The molecule has 1 atom stereocenters. The van der Waals surface area contributed by atoms with Crippen LogP contribution >= 0.6 is 0 Å². The molecule has 0 spiro atoms. The number of carbonyl (C=O) groups is 2. The molecule has 9 nitrogen and oxygen atoms in total. The molecule has 3 heterocycles. The van der Waals surface area contributed by atoms with Gasteiger partial charge in [-0.15, -0.1) is 10.2 Å². The van der Waals surface area contributed by atoms with Gasteiger partial charge in [0.15, 0.2) is 5.82 Å². The van der Waals surface area contributed by atoms with E-state index in [1.165, 1.54) is 0 Å². The number of anilines is 2. The average Bonchev–Trinajstić information content (AvgIpc) is 3.31. The first-order chi connectivity index (χ1) is 17.1. The summed E-state index contributed by atoms with van der Waals surface area (Å²) in [6.07, 6.45) is 0.236. The summed E-state index contributed by atoms with van der Waals surface area (Å²) in [6.45, 7) is 2.87. The monoisotopic (exact) mass is 473 g/mol. The van der Waals surface area contributed by atoms with E-state index in [2.05, 4.69) is 15.1 Å². The molecule has 9 heteroatoms. The van der Waals surface area contributed by atoms with E-state index in [1.807, 2.05) is 65.6 Å². The third-order valence-corrected chi connectivity index (χ3v) is 6.37. The lowest BCUT2D eigenvalue weighted by Gasteiger charge is -2.36. The second-order valence-corrected chi connectivity index (χ2v) is 8.56. The zero-order valence-corrected chi connectivity index (χ0v) is 19.5. The molecule has 0 N–H and O–H groups in total. The lowest BCUT2D eigenvalue weighted by Crippen LogP contribution is -2.51. The van der Waals surface area contributed by atoms with Crippen molar-refractivity contribution in [3.05, 3.63) is 66.7 Å². The zero-order chi connectivity index (χ0) is 24.2. The highest BCUT2D eigenvalue weighted by molar-refractivity contribution is 6.00. The lowest BCUT2D eigenvalue weighted by molar-refractivity contribution is -0.136. The van der Waals surface area contributed by atoms with E-state index in [0.717, 1.165) is 17.3 Å². The summed E-state index contributed by atoms with van der Waals surface area (Å²) in [5, 5.41) is 8.48. The number of amides is 2. The first kappa shape index (κ1) is 22.6. The van der Waals surface area contributed by atoms with Crippen LogP contribution < -0.4 is 19.3 Å². The molecule has 2 saturated heterocycles. The Morgan fingerprint density at radius 3 is 2.29 bits per heavy atom. The van der Waals surface area contributed by atoms with Gasteiger partial charge < -0.3 is 24.2 Å². The van der Waals surface area contributed by atoms with Crippen LogP contribution in [0.5, 0.6) is 17.4 Å². The second-order valence-electron chi connectivity index (χ2n) is 8.56. The molecule has 2 aliphatic heterocycles. The molecular formula is C26H27N5O4. The van der Waals surface area contributed by atoms with Crippen molar-refractivity contribution in [2.75, 3.05) is 49.6 Å². The fourth-order valence-electron chi connectivity index (χ4n) is 4.44. The van der Waals surface area contributed by atoms with Gasteiger partial charge >= 0.3 is 0 Å². The molecule has 0 saturated carbocycles. The van der Waals surface area contributed by atoms with Crippen molar-refractivity contribution in [3.63, 3.8) is 0 Å². The van der Waals surface area contributed by atoms with Crippen molar-refractivity contribution >= 4 is 23.3 Å². The summed E-state index contributed by atoms with van der Waals surface area (Å²) in [5.74, 6) is 2.30. The Hall–Kier alpha value is -4.14. The predicted molar refractivity (Wildman–Crippen MR) is 131 cm³/mol. The normalized spacial score (nSPS) is 18.0. The molecule has 2 amide bonds. The fourth-order valence-corrected chi connectivity index (χ4v) is 4.44. The Labute approximate surface area is 203 Å². The predicted octanol–water partition coefficient (Wildman–Crippen LogP) is 2.98. The van der Waals surface area contributed by atoms with Crippen LogP contribution in [0.2, 0.25) is 0 Å². The van der Waals surface area contributed by atoms with Crippen molar-refractivity contribution in [2.45, 2.75) is 6.42 Å². The van der Waals surface area contributed by atoms with Gasteiger partial charge in [0.05, 0.1) is 13.0 Å². The Bertz CT molecular complexity index is 1160. The minimum atomic E-state index is -0.328. The van der Waals surface area contributed by atoms with Crippen molar-refractivity contribution < 1.29 is 19.1 Å². The largest absolute Gasteiger partial charge is 0.497 e. The van der Waals surface area contributed by atoms with Crippen LogP contribution in [0.15, 0.2) is 66.7 Å². The Morgan fingerprint density at radius 2 is 1.63 bits per heavy atom. The molecule has 1 unspecified atom stereocenters. The summed E-state index contributed by atoms with van der Waals surface area (Å²) in [5.41, 5.74) is 0.786. The number of methoxy groups -OCH3 is 1. The van der Waals surface area contributed by atoms with Gasteiger partial charge in [-0.1, -0.05) is 18.2 Å². The number of carbonyl (C=O) groups excluding carboxylic acids is 2. The van der Waals surface area contributed by atoms with E-state index >= 15 is 0 Å². The fraction of sp³-hybridized carbons (Fsp3) is 0.308. The van der Waals surface area contributed by atoms with Crippen molar-refractivity contribution in [1.82, 2.24) is 15.1 Å². The van der Waals surface area contributed by atoms with E-state index in [-0.39, 0.29) is 24.2 Å². The molecule has 0 radical (unpaired) electrons. The topological polar surface area (TPSA) is 88.1 Å². The van der Waals surface area contributed by atoms with Crippen molar-refractivity contribution in [2.24, 2.45) is 5.92 Å². The average molecular weight is 474 g/mol. The summed E-state index contributed by atoms with van der Waals surface area (Å²) in [6, 6.07) is 20.5. The molecule has 5 rings (SSSR count). The molecule has 180 valence electrons. The summed E-state index contributed by atoms with van der Waals surface area (Å²) in [4.78, 5) is 31.4. The molecule has 2 aromatic carbocycles. The standard InChI is InChI=1S/C26H27N5O4/c1-34-21-9-7-20(8-10-21)31-18-19(17-25(31)32)26(33)30-15-13-29(14-16-30)23-11-12-24(28-27-23)35-22-5-3-2-4-6-22/h2-12,19H,13-18H2,1H3. The quantitative estimate of drug-likeness (QED) is 0.544. The van der Waals surface area contributed by atoms with Gasteiger partial charge in [0.2, 0.25) is 17.7 Å². The van der Waals surface area contributed by atoms with Crippen LogP contribution in [0.1, 0.15) is 6.42 Å². The van der Waals surface area contributed by atoms with E-state index in [9.17, 15) is 9.59 Å². The highest BCUT2D eigenvalue weighted by Crippen LogP contribution is 2.28. The van der Waals surface area contributed by atoms with E-state index < -0.39 is 0 Å². The van der Waals surface area contributed by atoms with Crippen molar-refractivity contribution in [3.8, 4) is 17.4 Å². The maximum atomic E-state index is 13.1. The highest BCUT2D eigenvalue weighted by Gasteiger charge is 2.38. The van der Waals surface area contributed by atoms with Crippen molar-refractivity contribution in [1.29, 1.82) is 0 Å². The first-order valence-electron chi connectivity index (χ1n) is 11.7. The van der Waals surface area contributed by atoms with Gasteiger partial charge in [-0.3, -0.25) is 9.59 Å². The third-order valence-electron chi connectivity index (χ3n) is 6.37. The summed E-state index contributed by atoms with van der Waals surface area (Å²) in [7, 11) is 1.60. The van der Waals surface area contributed by atoms with Crippen LogP contribution in [-0.2, 0) is 9.59 Å². The van der Waals surface area contributed by atoms with Gasteiger partial charge in [0.1, 0.15) is 11.5 Å². The second kappa shape index (κ2) is 10.0. The van der Waals surface area contributed by atoms with Gasteiger partial charge in [-0.2, -0.15) is 0 Å². The molecule has 1 aromatic heterocycles. The zero-order valence-electron chi connectivity index (χ0n) is 19.5. The molecule has 0 aliphatic carbocycles. The number of rotatable bonds is 6. The van der Waals surface area contributed by atoms with Gasteiger partial charge in [-0.25, -0.2) is 0 Å². The lowest BCUT2D eigenvalue weighted by atomic mass is 10.1. The molecule has 2 fully saturated rings. The molecule has 0 bridgehead atoms. The Kier molecular flexibility index (Phi) is 6.47.